The van der Waals surface area contributed by atoms with Gasteiger partial charge in [0.15, 0.2) is 24.2 Å². The Bertz CT molecular complexity index is 1810. The summed E-state index contributed by atoms with van der Waals surface area (Å²) in [5, 5.41) is 0. The molecule has 4 fully saturated rings. The van der Waals surface area contributed by atoms with Crippen LogP contribution in [-0.4, -0.2) is 86.2 Å². The Balaban J connectivity index is 1.09. The van der Waals surface area contributed by atoms with Gasteiger partial charge in [-0.1, -0.05) is 121 Å². The molecule has 4 aliphatic rings. The molecule has 0 N–H and O–H groups in total. The van der Waals surface area contributed by atoms with Crippen LogP contribution in [0.1, 0.15) is 49.9 Å². The molecular formula is C46H54O11. The van der Waals surface area contributed by atoms with E-state index in [1.165, 1.54) is 0 Å². The maximum absolute atomic E-state index is 6.91. The van der Waals surface area contributed by atoms with Gasteiger partial charge < -0.3 is 52.1 Å². The van der Waals surface area contributed by atoms with Gasteiger partial charge in [-0.2, -0.15) is 0 Å². The fraction of sp³-hybridized carbons (Fsp3) is 0.478. The van der Waals surface area contributed by atoms with E-state index in [9.17, 15) is 0 Å². The van der Waals surface area contributed by atoms with Crippen LogP contribution in [0.4, 0.5) is 0 Å². The van der Waals surface area contributed by atoms with Crippen LogP contribution < -0.4 is 0 Å². The number of hydrogen-bond donors (Lipinski definition) is 0. The Labute approximate surface area is 335 Å². The topological polar surface area (TPSA) is 102 Å². The molecule has 0 bridgehead atoms. The van der Waals surface area contributed by atoms with Gasteiger partial charge in [-0.05, 0) is 49.9 Å². The zero-order valence-corrected chi connectivity index (χ0v) is 33.1. The zero-order chi connectivity index (χ0) is 39.2. The summed E-state index contributed by atoms with van der Waals surface area (Å²) in [5.74, 6) is -1.70. The summed E-state index contributed by atoms with van der Waals surface area (Å²) in [6.07, 6.45) is -6.08. The average molecular weight is 783 g/mol. The van der Waals surface area contributed by atoms with Gasteiger partial charge in [0.05, 0.1) is 39.6 Å². The summed E-state index contributed by atoms with van der Waals surface area (Å²) in [6, 6.07) is 40.2. The van der Waals surface area contributed by atoms with E-state index in [0.29, 0.717) is 26.4 Å². The maximum atomic E-state index is 6.91. The molecule has 0 unspecified atom stereocenters. The largest absolute Gasteiger partial charge is 0.374 e. The molecule has 304 valence electrons. The van der Waals surface area contributed by atoms with Crippen molar-refractivity contribution >= 4 is 0 Å². The fourth-order valence-electron chi connectivity index (χ4n) is 7.90. The van der Waals surface area contributed by atoms with E-state index in [2.05, 4.69) is 0 Å². The molecule has 0 aliphatic carbocycles. The van der Waals surface area contributed by atoms with Crippen molar-refractivity contribution in [3.05, 3.63) is 144 Å². The highest BCUT2D eigenvalue weighted by atomic mass is 16.9. The van der Waals surface area contributed by atoms with E-state index < -0.39 is 73.0 Å². The molecule has 0 saturated carbocycles. The molecule has 10 atom stereocenters. The van der Waals surface area contributed by atoms with Crippen molar-refractivity contribution in [2.24, 2.45) is 0 Å². The molecule has 11 nitrogen and oxygen atoms in total. The number of fused-ring (bicyclic) bond motifs is 3. The number of ether oxygens (including phenoxy) is 11. The molecular weight excluding hydrogens is 728 g/mol. The number of hydrogen-bond acceptors (Lipinski definition) is 11. The third-order valence-corrected chi connectivity index (χ3v) is 10.5. The first-order valence-corrected chi connectivity index (χ1v) is 19.9. The first-order valence-electron chi connectivity index (χ1n) is 19.9. The van der Waals surface area contributed by atoms with Crippen LogP contribution in [0.15, 0.2) is 121 Å². The molecule has 4 aromatic rings. The molecule has 11 heteroatoms. The molecule has 4 heterocycles. The smallest absolute Gasteiger partial charge is 0.190 e. The minimum atomic E-state index is -0.913. The van der Waals surface area contributed by atoms with Crippen molar-refractivity contribution < 1.29 is 52.1 Å². The van der Waals surface area contributed by atoms with E-state index in [0.717, 1.165) is 22.3 Å². The molecule has 0 amide bonds. The van der Waals surface area contributed by atoms with E-state index in [1.807, 2.05) is 149 Å². The number of rotatable bonds is 16. The summed E-state index contributed by atoms with van der Waals surface area (Å²) in [6.45, 7) is 9.15. The first-order chi connectivity index (χ1) is 27.7. The summed E-state index contributed by atoms with van der Waals surface area (Å²) in [5.41, 5.74) is 4.08. The van der Waals surface area contributed by atoms with Gasteiger partial charge in [-0.15, -0.1) is 0 Å². The van der Waals surface area contributed by atoms with Crippen molar-refractivity contribution in [1.29, 1.82) is 0 Å². The highest BCUT2D eigenvalue weighted by Gasteiger charge is 2.61. The lowest BCUT2D eigenvalue weighted by Gasteiger charge is -2.46. The van der Waals surface area contributed by atoms with E-state index in [1.54, 1.807) is 0 Å². The van der Waals surface area contributed by atoms with Gasteiger partial charge in [0.25, 0.3) is 0 Å². The predicted octanol–water partition coefficient (Wildman–Crippen LogP) is 7.10. The second kappa shape index (κ2) is 18.1. The second-order valence-corrected chi connectivity index (χ2v) is 15.9. The van der Waals surface area contributed by atoms with Gasteiger partial charge in [-0.25, -0.2) is 0 Å². The van der Waals surface area contributed by atoms with Crippen molar-refractivity contribution in [3.63, 3.8) is 0 Å². The van der Waals surface area contributed by atoms with Crippen LogP contribution >= 0.6 is 0 Å². The normalized spacial score (nSPS) is 31.4. The zero-order valence-electron chi connectivity index (χ0n) is 33.1. The third-order valence-electron chi connectivity index (χ3n) is 10.5. The lowest BCUT2D eigenvalue weighted by Crippen LogP contribution is -2.62. The quantitative estimate of drug-likeness (QED) is 0.116. The summed E-state index contributed by atoms with van der Waals surface area (Å²) in [4.78, 5) is 0. The molecule has 4 aliphatic heterocycles. The summed E-state index contributed by atoms with van der Waals surface area (Å²) < 4.78 is 72.3. The van der Waals surface area contributed by atoms with Crippen molar-refractivity contribution in [1.82, 2.24) is 0 Å². The summed E-state index contributed by atoms with van der Waals surface area (Å²) in [7, 11) is 0. The van der Waals surface area contributed by atoms with Crippen LogP contribution in [0.2, 0.25) is 0 Å². The van der Waals surface area contributed by atoms with Gasteiger partial charge in [-0.3, -0.25) is 0 Å². The van der Waals surface area contributed by atoms with Gasteiger partial charge in [0.1, 0.15) is 48.8 Å². The van der Waals surface area contributed by atoms with Crippen molar-refractivity contribution in [3.8, 4) is 0 Å². The van der Waals surface area contributed by atoms with E-state index in [-0.39, 0.29) is 13.2 Å². The maximum Gasteiger partial charge on any atom is 0.190 e. The number of benzene rings is 4. The Morgan fingerprint density at radius 1 is 0.421 bits per heavy atom. The monoisotopic (exact) mass is 782 g/mol. The predicted molar refractivity (Wildman–Crippen MR) is 208 cm³/mol. The van der Waals surface area contributed by atoms with Gasteiger partial charge >= 0.3 is 0 Å². The highest BCUT2D eigenvalue weighted by Crippen LogP contribution is 2.44. The third kappa shape index (κ3) is 10.2. The van der Waals surface area contributed by atoms with Gasteiger partial charge in [0, 0.05) is 0 Å². The lowest BCUT2D eigenvalue weighted by atomic mass is 9.97. The average Bonchev–Trinajstić information content (AvgIpc) is 3.73. The van der Waals surface area contributed by atoms with E-state index >= 15 is 0 Å². The van der Waals surface area contributed by atoms with Crippen LogP contribution in [0, 0.1) is 0 Å². The lowest BCUT2D eigenvalue weighted by molar-refractivity contribution is -0.337. The Morgan fingerprint density at radius 3 is 1.44 bits per heavy atom. The second-order valence-electron chi connectivity index (χ2n) is 15.9. The van der Waals surface area contributed by atoms with Crippen molar-refractivity contribution in [2.45, 2.75) is 127 Å². The SMILES string of the molecule is CC1(C)O[C@H]2[C@@H](O1)[C@@H](CO[C@H]1O[C@H](COCc3ccccc3)[C@H](OCc3ccccc3)[C@H](OCc3ccccc3)[C@H]1OCc1ccccc1)O[C@@H]1OC(C)(C)O[C@@H]12. The Morgan fingerprint density at radius 2 is 0.877 bits per heavy atom. The van der Waals surface area contributed by atoms with E-state index in [4.69, 9.17) is 52.1 Å². The van der Waals surface area contributed by atoms with Crippen LogP contribution in [0.5, 0.6) is 0 Å². The molecule has 57 heavy (non-hydrogen) atoms. The summed E-state index contributed by atoms with van der Waals surface area (Å²) >= 11 is 0. The highest BCUT2D eigenvalue weighted by molar-refractivity contribution is 5.16. The molecule has 0 radical (unpaired) electrons. The minimum absolute atomic E-state index is 0.0853. The van der Waals surface area contributed by atoms with Gasteiger partial charge in [0.2, 0.25) is 0 Å². The Kier molecular flexibility index (Phi) is 12.8. The van der Waals surface area contributed by atoms with Crippen molar-refractivity contribution in [2.75, 3.05) is 13.2 Å². The van der Waals surface area contributed by atoms with Crippen LogP contribution in [0.25, 0.3) is 0 Å². The first kappa shape index (κ1) is 40.2. The van der Waals surface area contributed by atoms with Crippen LogP contribution in [-0.2, 0) is 78.5 Å². The minimum Gasteiger partial charge on any atom is -0.374 e. The standard InChI is InChI=1S/C46H54O11/c1-45(2)54-38-36(53-44-42(40(38)55-45)56-46(3,4)57-44)30-51-43-41(50-28-34-23-15-8-16-24-34)39(49-27-33-21-13-7-14-22-33)37(48-26-32-19-11-6-12-20-32)35(52-43)29-47-25-31-17-9-5-10-18-31/h5-24,35-44H,25-30H2,1-4H3/t35-,36-,37+,38+,39+,40+,41-,42-,43+,44-/m1/s1. The Hall–Kier alpha value is -3.56. The molecule has 4 saturated heterocycles. The molecule has 4 aromatic carbocycles. The molecule has 0 spiro atoms. The molecule has 0 aromatic heterocycles. The molecule has 8 rings (SSSR count). The fourth-order valence-corrected chi connectivity index (χ4v) is 7.90. The van der Waals surface area contributed by atoms with Crippen LogP contribution in [0.3, 0.4) is 0 Å².